The number of rotatable bonds is 8. The number of nitrogens with zero attached hydrogens (tertiary/aromatic N) is 2. The molecule has 0 aliphatic carbocycles. The number of alkyl halides is 2. The highest BCUT2D eigenvalue weighted by Gasteiger charge is 2.24. The second-order valence-corrected chi connectivity index (χ2v) is 6.24. The molecule has 24 heavy (non-hydrogen) atoms. The van der Waals surface area contributed by atoms with Crippen molar-refractivity contribution in [1.29, 1.82) is 0 Å². The maximum atomic E-state index is 12.4. The summed E-state index contributed by atoms with van der Waals surface area (Å²) in [5.41, 5.74) is -0.761. The second-order valence-electron chi connectivity index (χ2n) is 6.24. The molecule has 144 valence electrons. The molecule has 8 heteroatoms. The second kappa shape index (κ2) is 12.2. The number of aliphatic hydroxyl groups is 1. The predicted molar refractivity (Wildman–Crippen MR) is 106 cm³/mol. The molecule has 0 unspecified atom stereocenters. The lowest BCUT2D eigenvalue weighted by Gasteiger charge is -2.33. The topological polar surface area (TPSA) is 59.9 Å². The molecule has 0 amide bonds. The number of hydrogen-bond donors (Lipinski definition) is 3. The van der Waals surface area contributed by atoms with Gasteiger partial charge in [-0.25, -0.2) is 8.78 Å². The van der Waals surface area contributed by atoms with Crippen LogP contribution in [0.1, 0.15) is 46.5 Å². The van der Waals surface area contributed by atoms with Gasteiger partial charge >= 0.3 is 0 Å². The molecule has 0 bridgehead atoms. The van der Waals surface area contributed by atoms with E-state index in [0.717, 1.165) is 19.4 Å². The third kappa shape index (κ3) is 8.75. The first-order valence-electron chi connectivity index (χ1n) is 8.70. The van der Waals surface area contributed by atoms with Crippen LogP contribution >= 0.6 is 24.0 Å². The minimum atomic E-state index is -2.26. The summed E-state index contributed by atoms with van der Waals surface area (Å²) < 4.78 is 24.8. The molecule has 0 atom stereocenters. The Morgan fingerprint density at radius 2 is 1.83 bits per heavy atom. The van der Waals surface area contributed by atoms with Gasteiger partial charge in [-0.15, -0.1) is 24.0 Å². The Bertz CT molecular complexity index is 360. The summed E-state index contributed by atoms with van der Waals surface area (Å²) in [5.74, 6) is 0.695. The fourth-order valence-electron chi connectivity index (χ4n) is 2.67. The SMILES string of the molecule is CCNC(=NCC(O)(CC)CC)NC1CCN(CC(F)F)CC1.I. The van der Waals surface area contributed by atoms with E-state index in [4.69, 9.17) is 0 Å². The molecule has 0 spiro atoms. The maximum absolute atomic E-state index is 12.4. The lowest BCUT2D eigenvalue weighted by Crippen LogP contribution is -2.49. The van der Waals surface area contributed by atoms with Crippen molar-refractivity contribution < 1.29 is 13.9 Å². The predicted octanol–water partition coefficient (Wildman–Crippen LogP) is 2.44. The molecule has 1 fully saturated rings. The summed E-state index contributed by atoms with van der Waals surface area (Å²) in [7, 11) is 0. The molecule has 5 nitrogen and oxygen atoms in total. The monoisotopic (exact) mass is 462 g/mol. The van der Waals surface area contributed by atoms with Crippen molar-refractivity contribution in [3.63, 3.8) is 0 Å². The van der Waals surface area contributed by atoms with Gasteiger partial charge in [0.05, 0.1) is 18.7 Å². The number of likely N-dealkylation sites (tertiary alicyclic amines) is 1. The van der Waals surface area contributed by atoms with Crippen molar-refractivity contribution >= 4 is 29.9 Å². The number of halogens is 3. The van der Waals surface area contributed by atoms with Crippen molar-refractivity contribution in [2.45, 2.75) is 64.5 Å². The largest absolute Gasteiger partial charge is 0.388 e. The first-order chi connectivity index (χ1) is 10.9. The molecule has 1 rings (SSSR count). The van der Waals surface area contributed by atoms with Gasteiger partial charge in [-0.1, -0.05) is 13.8 Å². The zero-order valence-electron chi connectivity index (χ0n) is 15.0. The van der Waals surface area contributed by atoms with Crippen LogP contribution in [0, 0.1) is 0 Å². The summed E-state index contributed by atoms with van der Waals surface area (Å²) >= 11 is 0. The van der Waals surface area contributed by atoms with E-state index < -0.39 is 12.0 Å². The Kier molecular flexibility index (Phi) is 12.1. The van der Waals surface area contributed by atoms with Crippen LogP contribution in [0.2, 0.25) is 0 Å². The van der Waals surface area contributed by atoms with Gasteiger partial charge in [0.2, 0.25) is 0 Å². The van der Waals surface area contributed by atoms with E-state index in [1.54, 1.807) is 4.90 Å². The summed E-state index contributed by atoms with van der Waals surface area (Å²) in [6.07, 6.45) is 0.710. The zero-order chi connectivity index (χ0) is 17.3. The number of aliphatic imine (C=N–C) groups is 1. The van der Waals surface area contributed by atoms with Gasteiger partial charge in [0, 0.05) is 25.7 Å². The van der Waals surface area contributed by atoms with Crippen molar-refractivity contribution in [1.82, 2.24) is 15.5 Å². The molecule has 1 heterocycles. The van der Waals surface area contributed by atoms with E-state index in [2.05, 4.69) is 15.6 Å². The van der Waals surface area contributed by atoms with E-state index in [-0.39, 0.29) is 36.6 Å². The molecule has 0 radical (unpaired) electrons. The summed E-state index contributed by atoms with van der Waals surface area (Å²) in [5, 5.41) is 16.9. The lowest BCUT2D eigenvalue weighted by molar-refractivity contribution is 0.0417. The van der Waals surface area contributed by atoms with Crippen LogP contribution < -0.4 is 10.6 Å². The van der Waals surface area contributed by atoms with E-state index in [1.165, 1.54) is 0 Å². The molecule has 1 aliphatic heterocycles. The van der Waals surface area contributed by atoms with Crippen molar-refractivity contribution in [2.24, 2.45) is 4.99 Å². The molecule has 1 saturated heterocycles. The summed E-state index contributed by atoms with van der Waals surface area (Å²) in [4.78, 5) is 6.30. The van der Waals surface area contributed by atoms with Gasteiger partial charge in [-0.3, -0.25) is 9.89 Å². The molecule has 0 aromatic rings. The highest BCUT2D eigenvalue weighted by molar-refractivity contribution is 14.0. The van der Waals surface area contributed by atoms with E-state index >= 15 is 0 Å². The molecule has 1 aliphatic rings. The Hall–Kier alpha value is -0.220. The van der Waals surface area contributed by atoms with Crippen LogP contribution in [0.5, 0.6) is 0 Å². The van der Waals surface area contributed by atoms with Gasteiger partial charge in [-0.2, -0.15) is 0 Å². The first kappa shape index (κ1) is 23.8. The number of nitrogens with one attached hydrogen (secondary N) is 2. The minimum absolute atomic E-state index is 0. The van der Waals surface area contributed by atoms with Crippen molar-refractivity contribution in [2.75, 3.05) is 32.7 Å². The zero-order valence-corrected chi connectivity index (χ0v) is 17.4. The molecule has 0 aromatic carbocycles. The third-order valence-corrected chi connectivity index (χ3v) is 4.52. The fourth-order valence-corrected chi connectivity index (χ4v) is 2.67. The molecular weight excluding hydrogens is 429 g/mol. The number of hydrogen-bond acceptors (Lipinski definition) is 3. The molecule has 0 saturated carbocycles. The number of guanidine groups is 1. The number of piperidine rings is 1. The minimum Gasteiger partial charge on any atom is -0.388 e. The smallest absolute Gasteiger partial charge is 0.251 e. The van der Waals surface area contributed by atoms with Crippen LogP contribution in [-0.4, -0.2) is 66.8 Å². The van der Waals surface area contributed by atoms with E-state index in [0.29, 0.717) is 38.4 Å². The van der Waals surface area contributed by atoms with Gasteiger partial charge < -0.3 is 15.7 Å². The Labute approximate surface area is 161 Å². The summed E-state index contributed by atoms with van der Waals surface area (Å²) in [6.45, 7) is 8.22. The van der Waals surface area contributed by atoms with Gasteiger partial charge in [0.25, 0.3) is 6.43 Å². The van der Waals surface area contributed by atoms with E-state index in [9.17, 15) is 13.9 Å². The van der Waals surface area contributed by atoms with Crippen molar-refractivity contribution in [3.8, 4) is 0 Å². The summed E-state index contributed by atoms with van der Waals surface area (Å²) in [6, 6.07) is 0.234. The lowest BCUT2D eigenvalue weighted by atomic mass is 9.98. The highest BCUT2D eigenvalue weighted by Crippen LogP contribution is 2.15. The fraction of sp³-hybridized carbons (Fsp3) is 0.938. The van der Waals surface area contributed by atoms with Crippen molar-refractivity contribution in [3.05, 3.63) is 0 Å². The first-order valence-corrected chi connectivity index (χ1v) is 8.70. The molecule has 3 N–H and O–H groups in total. The van der Waals surface area contributed by atoms with Gasteiger partial charge in [0.1, 0.15) is 0 Å². The molecular formula is C16H33F2IN4O. The van der Waals surface area contributed by atoms with Crippen LogP contribution in [0.3, 0.4) is 0 Å². The van der Waals surface area contributed by atoms with Crippen LogP contribution in [0.4, 0.5) is 8.78 Å². The van der Waals surface area contributed by atoms with Crippen LogP contribution in [-0.2, 0) is 0 Å². The Morgan fingerprint density at radius 3 is 2.29 bits per heavy atom. The Morgan fingerprint density at radius 1 is 1.25 bits per heavy atom. The van der Waals surface area contributed by atoms with Gasteiger partial charge in [0.15, 0.2) is 5.96 Å². The van der Waals surface area contributed by atoms with Crippen LogP contribution in [0.25, 0.3) is 0 Å². The third-order valence-electron chi connectivity index (χ3n) is 4.52. The normalized spacial score (nSPS) is 17.7. The quantitative estimate of drug-likeness (QED) is 0.295. The van der Waals surface area contributed by atoms with Gasteiger partial charge in [-0.05, 0) is 32.6 Å². The van der Waals surface area contributed by atoms with Crippen LogP contribution in [0.15, 0.2) is 4.99 Å². The average molecular weight is 462 g/mol. The standard InChI is InChI=1S/C16H32F2N4O.HI/c1-4-16(23,5-2)12-20-15(19-6-3)21-13-7-9-22(10-8-13)11-14(17)18;/h13-14,23H,4-12H2,1-3H3,(H2,19,20,21);1H. The van der Waals surface area contributed by atoms with E-state index in [1.807, 2.05) is 20.8 Å². The maximum Gasteiger partial charge on any atom is 0.251 e. The average Bonchev–Trinajstić information content (AvgIpc) is 2.54. The highest BCUT2D eigenvalue weighted by atomic mass is 127. The molecule has 0 aromatic heterocycles. The Balaban J connectivity index is 0.00000529.